The van der Waals surface area contributed by atoms with Crippen molar-refractivity contribution >= 4 is 38.3 Å². The maximum absolute atomic E-state index is 13.4. The van der Waals surface area contributed by atoms with Gasteiger partial charge < -0.3 is 9.47 Å². The average Bonchev–Trinajstić information content (AvgIpc) is 3.22. The fourth-order valence-corrected chi connectivity index (χ4v) is 4.34. The van der Waals surface area contributed by atoms with Crippen molar-refractivity contribution in [1.82, 2.24) is 9.88 Å². The van der Waals surface area contributed by atoms with Crippen molar-refractivity contribution < 1.29 is 19.2 Å². The van der Waals surface area contributed by atoms with Gasteiger partial charge in [0.1, 0.15) is 5.75 Å². The third-order valence-electron chi connectivity index (χ3n) is 5.13. The highest BCUT2D eigenvalue weighted by Gasteiger charge is 2.23. The molecule has 0 radical (unpaired) electrons. The molecule has 0 spiro atoms. The molecule has 1 fully saturated rings. The second-order valence-electron chi connectivity index (χ2n) is 7.04. The Balaban J connectivity index is 1.63. The van der Waals surface area contributed by atoms with Crippen molar-refractivity contribution in [3.05, 3.63) is 58.1 Å². The van der Waals surface area contributed by atoms with Crippen molar-refractivity contribution in [3.8, 4) is 5.75 Å². The lowest BCUT2D eigenvalue weighted by atomic mass is 10.2. The first kappa shape index (κ1) is 21.2. The van der Waals surface area contributed by atoms with Gasteiger partial charge >= 0.3 is 0 Å². The van der Waals surface area contributed by atoms with Crippen molar-refractivity contribution in [1.29, 1.82) is 0 Å². The molecule has 9 nitrogen and oxygen atoms in total. The van der Waals surface area contributed by atoms with Crippen LogP contribution in [0, 0.1) is 10.1 Å². The third-order valence-corrected chi connectivity index (χ3v) is 6.19. The molecule has 10 heteroatoms. The number of benzene rings is 2. The fourth-order valence-electron chi connectivity index (χ4n) is 3.37. The molecule has 0 saturated carbocycles. The van der Waals surface area contributed by atoms with Crippen LogP contribution in [0.1, 0.15) is 10.4 Å². The number of carbonyl (C=O) groups is 1. The van der Waals surface area contributed by atoms with Gasteiger partial charge in [-0.25, -0.2) is 4.98 Å². The summed E-state index contributed by atoms with van der Waals surface area (Å²) in [5.74, 6) is 0.458. The van der Waals surface area contributed by atoms with Gasteiger partial charge in [0.05, 0.1) is 35.5 Å². The molecule has 0 N–H and O–H groups in total. The van der Waals surface area contributed by atoms with E-state index in [1.807, 2.05) is 18.2 Å². The second-order valence-corrected chi connectivity index (χ2v) is 8.05. The monoisotopic (exact) mass is 442 g/mol. The van der Waals surface area contributed by atoms with Crippen LogP contribution in [0.3, 0.4) is 0 Å². The Kier molecular flexibility index (Phi) is 6.40. The minimum atomic E-state index is -0.481. The number of nitrogens with zero attached hydrogens (tertiary/aromatic N) is 4. The van der Waals surface area contributed by atoms with Crippen LogP contribution in [0.4, 0.5) is 10.8 Å². The molecule has 0 aliphatic carbocycles. The van der Waals surface area contributed by atoms with E-state index in [4.69, 9.17) is 9.47 Å². The van der Waals surface area contributed by atoms with E-state index in [-0.39, 0.29) is 11.6 Å². The highest BCUT2D eigenvalue weighted by Crippen LogP contribution is 2.32. The average molecular weight is 442 g/mol. The van der Waals surface area contributed by atoms with Crippen molar-refractivity contribution in [2.45, 2.75) is 0 Å². The summed E-state index contributed by atoms with van der Waals surface area (Å²) in [5.41, 5.74) is 1.08. The molecule has 1 aliphatic rings. The number of hydrogen-bond donors (Lipinski definition) is 0. The lowest BCUT2D eigenvalue weighted by Crippen LogP contribution is -2.43. The summed E-state index contributed by atoms with van der Waals surface area (Å²) < 4.78 is 11.6. The standard InChI is InChI=1S/C21H22N4O5S/c1-29-17-6-7-19-18(14-17)22-21(31-19)24(9-8-23-10-12-30-13-11-23)20(26)15-2-4-16(5-3-15)25(27)28/h2-7,14H,8-13H2,1H3. The van der Waals surface area contributed by atoms with Gasteiger partial charge in [0.15, 0.2) is 5.13 Å². The smallest absolute Gasteiger partial charge is 0.269 e. The summed E-state index contributed by atoms with van der Waals surface area (Å²) in [6, 6.07) is 11.3. The number of rotatable bonds is 7. The van der Waals surface area contributed by atoms with Gasteiger partial charge in [0.25, 0.3) is 11.6 Å². The lowest BCUT2D eigenvalue weighted by Gasteiger charge is -2.29. The highest BCUT2D eigenvalue weighted by atomic mass is 32.1. The van der Waals surface area contributed by atoms with Gasteiger partial charge in [0.2, 0.25) is 0 Å². The molecular weight excluding hydrogens is 420 g/mol. The Morgan fingerprint density at radius 2 is 2.00 bits per heavy atom. The summed E-state index contributed by atoms with van der Waals surface area (Å²) in [4.78, 5) is 32.4. The van der Waals surface area contributed by atoms with Crippen LogP contribution >= 0.6 is 11.3 Å². The number of amides is 1. The van der Waals surface area contributed by atoms with Crippen LogP contribution < -0.4 is 9.64 Å². The van der Waals surface area contributed by atoms with E-state index >= 15 is 0 Å². The largest absolute Gasteiger partial charge is 0.497 e. The van der Waals surface area contributed by atoms with E-state index in [1.165, 1.54) is 35.6 Å². The van der Waals surface area contributed by atoms with E-state index in [9.17, 15) is 14.9 Å². The van der Waals surface area contributed by atoms with Crippen LogP contribution in [0.5, 0.6) is 5.75 Å². The molecule has 1 aliphatic heterocycles. The first-order chi connectivity index (χ1) is 15.0. The predicted octanol–water partition coefficient (Wildman–Crippen LogP) is 3.19. The number of nitro benzene ring substituents is 1. The Labute approximate surface area is 183 Å². The Bertz CT molecular complexity index is 1080. The number of ether oxygens (including phenoxy) is 2. The van der Waals surface area contributed by atoms with Crippen LogP contribution in [-0.2, 0) is 4.74 Å². The number of methoxy groups -OCH3 is 1. The highest BCUT2D eigenvalue weighted by molar-refractivity contribution is 7.22. The number of aromatic nitrogens is 1. The summed E-state index contributed by atoms with van der Waals surface area (Å²) >= 11 is 1.43. The van der Waals surface area contributed by atoms with E-state index in [0.29, 0.717) is 42.7 Å². The maximum Gasteiger partial charge on any atom is 0.269 e. The molecule has 162 valence electrons. The molecular formula is C21H22N4O5S. The molecule has 1 amide bonds. The van der Waals surface area contributed by atoms with Gasteiger partial charge in [-0.15, -0.1) is 0 Å². The predicted molar refractivity (Wildman–Crippen MR) is 118 cm³/mol. The molecule has 0 bridgehead atoms. The Hall–Kier alpha value is -3.08. The first-order valence-electron chi connectivity index (χ1n) is 9.86. The summed E-state index contributed by atoms with van der Waals surface area (Å²) in [6.45, 7) is 4.12. The number of non-ortho nitro benzene ring substituents is 1. The molecule has 0 atom stereocenters. The normalized spacial score (nSPS) is 14.5. The Morgan fingerprint density at radius 1 is 1.26 bits per heavy atom. The zero-order valence-corrected chi connectivity index (χ0v) is 17.8. The lowest BCUT2D eigenvalue weighted by molar-refractivity contribution is -0.384. The van der Waals surface area contributed by atoms with Gasteiger partial charge in [-0.05, 0) is 24.3 Å². The molecule has 0 unspecified atom stereocenters. The van der Waals surface area contributed by atoms with Crippen LogP contribution in [0.2, 0.25) is 0 Å². The molecule has 3 aromatic rings. The molecule has 2 aromatic carbocycles. The molecule has 2 heterocycles. The van der Waals surface area contributed by atoms with E-state index in [2.05, 4.69) is 9.88 Å². The van der Waals surface area contributed by atoms with Crippen LogP contribution in [0.15, 0.2) is 42.5 Å². The van der Waals surface area contributed by atoms with Gasteiger partial charge in [0, 0.05) is 49.9 Å². The SMILES string of the molecule is COc1ccc2sc(N(CCN3CCOCC3)C(=O)c3ccc([N+](=O)[O-])cc3)nc2c1. The second kappa shape index (κ2) is 9.38. The third kappa shape index (κ3) is 4.82. The zero-order valence-electron chi connectivity index (χ0n) is 17.0. The van der Waals surface area contributed by atoms with Crippen LogP contribution in [-0.4, -0.2) is 67.2 Å². The fraction of sp³-hybridized carbons (Fsp3) is 0.333. The molecule has 4 rings (SSSR count). The number of carbonyl (C=O) groups excluding carboxylic acids is 1. The quantitative estimate of drug-likeness (QED) is 0.409. The summed E-state index contributed by atoms with van der Waals surface area (Å²) in [6.07, 6.45) is 0. The van der Waals surface area contributed by atoms with Crippen LogP contribution in [0.25, 0.3) is 10.2 Å². The zero-order chi connectivity index (χ0) is 21.8. The van der Waals surface area contributed by atoms with Crippen molar-refractivity contribution in [3.63, 3.8) is 0 Å². The molecule has 1 saturated heterocycles. The summed E-state index contributed by atoms with van der Waals surface area (Å²) in [7, 11) is 1.60. The number of anilines is 1. The van der Waals surface area contributed by atoms with Crippen molar-refractivity contribution in [2.75, 3.05) is 51.4 Å². The number of thiazole rings is 1. The minimum Gasteiger partial charge on any atom is -0.497 e. The number of morpholine rings is 1. The molecule has 1 aromatic heterocycles. The molecule has 31 heavy (non-hydrogen) atoms. The number of fused-ring (bicyclic) bond motifs is 1. The van der Waals surface area contributed by atoms with E-state index in [1.54, 1.807) is 12.0 Å². The Morgan fingerprint density at radius 3 is 2.68 bits per heavy atom. The first-order valence-corrected chi connectivity index (χ1v) is 10.7. The van der Waals surface area contributed by atoms with Gasteiger partial charge in [-0.3, -0.25) is 24.7 Å². The maximum atomic E-state index is 13.4. The van der Waals surface area contributed by atoms with Gasteiger partial charge in [-0.2, -0.15) is 0 Å². The number of hydrogen-bond acceptors (Lipinski definition) is 8. The van der Waals surface area contributed by atoms with Gasteiger partial charge in [-0.1, -0.05) is 11.3 Å². The summed E-state index contributed by atoms with van der Waals surface area (Å²) in [5, 5.41) is 11.5. The van der Waals surface area contributed by atoms with E-state index < -0.39 is 4.92 Å². The topological polar surface area (TPSA) is 98.0 Å². The number of nitro groups is 1. The van der Waals surface area contributed by atoms with Crippen molar-refractivity contribution in [2.24, 2.45) is 0 Å². The minimum absolute atomic E-state index is 0.0523. The van der Waals surface area contributed by atoms with E-state index in [0.717, 1.165) is 23.3 Å².